The second kappa shape index (κ2) is 6.01. The van der Waals surface area contributed by atoms with Crippen molar-refractivity contribution in [2.45, 2.75) is 25.9 Å². The molecule has 0 radical (unpaired) electrons. The maximum atomic E-state index is 5.77. The van der Waals surface area contributed by atoms with Crippen LogP contribution < -0.4 is 15.4 Å². The molecule has 3 rings (SSSR count). The Balaban J connectivity index is 1.61. The number of nitrogens with one attached hydrogen (secondary N) is 2. The van der Waals surface area contributed by atoms with Crippen LogP contribution in [0.25, 0.3) is 0 Å². The zero-order valence-electron chi connectivity index (χ0n) is 11.7. The summed E-state index contributed by atoms with van der Waals surface area (Å²) >= 11 is 0. The second-order valence-electron chi connectivity index (χ2n) is 5.13. The van der Waals surface area contributed by atoms with E-state index in [9.17, 15) is 0 Å². The fourth-order valence-electron chi connectivity index (χ4n) is 2.46. The van der Waals surface area contributed by atoms with E-state index in [1.807, 2.05) is 12.1 Å². The summed E-state index contributed by atoms with van der Waals surface area (Å²) in [7, 11) is 0. The van der Waals surface area contributed by atoms with Crippen LogP contribution in [0.15, 0.2) is 41.0 Å². The molecule has 4 heteroatoms. The lowest BCUT2D eigenvalue weighted by Gasteiger charge is -2.22. The molecule has 106 valence electrons. The average Bonchev–Trinajstić information content (AvgIpc) is 2.98. The standard InChI is InChI=1S/C16H20N2O2/c1-12(10-14-5-3-8-19-14)18-11-13-4-2-6-15-16(13)20-9-7-17-15/h2-6,8,12,17-18H,7,9-11H2,1H3. The Morgan fingerprint density at radius 3 is 3.10 bits per heavy atom. The number of rotatable bonds is 5. The summed E-state index contributed by atoms with van der Waals surface area (Å²) < 4.78 is 11.1. The molecular formula is C16H20N2O2. The minimum atomic E-state index is 0.355. The molecule has 0 spiro atoms. The minimum Gasteiger partial charge on any atom is -0.489 e. The van der Waals surface area contributed by atoms with Crippen LogP contribution in [0.4, 0.5) is 5.69 Å². The Kier molecular flexibility index (Phi) is 3.92. The van der Waals surface area contributed by atoms with Gasteiger partial charge in [-0.25, -0.2) is 0 Å². The van der Waals surface area contributed by atoms with Crippen molar-refractivity contribution in [2.75, 3.05) is 18.5 Å². The van der Waals surface area contributed by atoms with Gasteiger partial charge in [-0.3, -0.25) is 0 Å². The Hall–Kier alpha value is -1.94. The summed E-state index contributed by atoms with van der Waals surface area (Å²) in [4.78, 5) is 0. The molecule has 4 nitrogen and oxygen atoms in total. The summed E-state index contributed by atoms with van der Waals surface area (Å²) in [5.74, 6) is 1.99. The smallest absolute Gasteiger partial charge is 0.146 e. The Bertz CT molecular complexity index is 552. The Morgan fingerprint density at radius 2 is 2.25 bits per heavy atom. The highest BCUT2D eigenvalue weighted by atomic mass is 16.5. The first-order valence-electron chi connectivity index (χ1n) is 7.07. The zero-order valence-corrected chi connectivity index (χ0v) is 11.7. The summed E-state index contributed by atoms with van der Waals surface area (Å²) in [5.41, 5.74) is 2.29. The lowest BCUT2D eigenvalue weighted by molar-refractivity contribution is 0.318. The zero-order chi connectivity index (χ0) is 13.8. The number of para-hydroxylation sites is 1. The number of ether oxygens (including phenoxy) is 1. The van der Waals surface area contributed by atoms with E-state index >= 15 is 0 Å². The van der Waals surface area contributed by atoms with Crippen molar-refractivity contribution in [3.63, 3.8) is 0 Å². The molecule has 1 aromatic heterocycles. The molecule has 2 N–H and O–H groups in total. The number of furan rings is 1. The summed E-state index contributed by atoms with van der Waals surface area (Å²) in [6, 6.07) is 10.5. The summed E-state index contributed by atoms with van der Waals surface area (Å²) in [6.07, 6.45) is 2.61. The molecule has 1 aliphatic rings. The summed E-state index contributed by atoms with van der Waals surface area (Å²) in [6.45, 7) is 4.56. The molecule has 2 aromatic rings. The SMILES string of the molecule is CC(Cc1ccco1)NCc1cccc2c1OCCN2. The highest BCUT2D eigenvalue weighted by Crippen LogP contribution is 2.31. The number of hydrogen-bond donors (Lipinski definition) is 2. The second-order valence-corrected chi connectivity index (χ2v) is 5.13. The van der Waals surface area contributed by atoms with Crippen molar-refractivity contribution in [1.29, 1.82) is 0 Å². The maximum Gasteiger partial charge on any atom is 0.146 e. The predicted molar refractivity (Wildman–Crippen MR) is 79.1 cm³/mol. The van der Waals surface area contributed by atoms with Gasteiger partial charge in [0.15, 0.2) is 0 Å². The van der Waals surface area contributed by atoms with Gasteiger partial charge in [0, 0.05) is 31.1 Å². The maximum absolute atomic E-state index is 5.77. The Morgan fingerprint density at radius 1 is 1.30 bits per heavy atom. The number of benzene rings is 1. The molecule has 0 amide bonds. The molecule has 0 saturated carbocycles. The van der Waals surface area contributed by atoms with Gasteiger partial charge in [-0.05, 0) is 25.1 Å². The summed E-state index contributed by atoms with van der Waals surface area (Å²) in [5, 5.41) is 6.88. The van der Waals surface area contributed by atoms with E-state index in [2.05, 4.69) is 35.8 Å². The number of fused-ring (bicyclic) bond motifs is 1. The lowest BCUT2D eigenvalue weighted by Crippen LogP contribution is -2.28. The van der Waals surface area contributed by atoms with Crippen LogP contribution in [-0.4, -0.2) is 19.2 Å². The third-order valence-corrected chi connectivity index (χ3v) is 3.49. The van der Waals surface area contributed by atoms with Crippen molar-refractivity contribution < 1.29 is 9.15 Å². The normalized spacial score (nSPS) is 15.1. The van der Waals surface area contributed by atoms with Gasteiger partial charge in [0.05, 0.1) is 12.0 Å². The molecule has 0 fully saturated rings. The first-order chi connectivity index (χ1) is 9.83. The molecular weight excluding hydrogens is 252 g/mol. The van der Waals surface area contributed by atoms with Gasteiger partial charge >= 0.3 is 0 Å². The van der Waals surface area contributed by atoms with E-state index < -0.39 is 0 Å². The van der Waals surface area contributed by atoms with Gasteiger partial charge in [0.2, 0.25) is 0 Å². The molecule has 1 atom stereocenters. The van der Waals surface area contributed by atoms with Crippen LogP contribution in [0.2, 0.25) is 0 Å². The predicted octanol–water partition coefficient (Wildman–Crippen LogP) is 2.80. The van der Waals surface area contributed by atoms with Gasteiger partial charge in [-0.15, -0.1) is 0 Å². The lowest BCUT2D eigenvalue weighted by atomic mass is 10.1. The van der Waals surface area contributed by atoms with Crippen molar-refractivity contribution in [3.05, 3.63) is 47.9 Å². The van der Waals surface area contributed by atoms with Gasteiger partial charge < -0.3 is 19.8 Å². The molecule has 20 heavy (non-hydrogen) atoms. The fourth-order valence-corrected chi connectivity index (χ4v) is 2.46. The largest absolute Gasteiger partial charge is 0.489 e. The minimum absolute atomic E-state index is 0.355. The third-order valence-electron chi connectivity index (χ3n) is 3.49. The van der Waals surface area contributed by atoms with Crippen molar-refractivity contribution in [2.24, 2.45) is 0 Å². The van der Waals surface area contributed by atoms with Crippen molar-refractivity contribution >= 4 is 5.69 Å². The van der Waals surface area contributed by atoms with E-state index in [4.69, 9.17) is 9.15 Å². The van der Waals surface area contributed by atoms with Crippen LogP contribution in [0, 0.1) is 0 Å². The van der Waals surface area contributed by atoms with Crippen molar-refractivity contribution in [1.82, 2.24) is 5.32 Å². The van der Waals surface area contributed by atoms with E-state index in [1.165, 1.54) is 5.56 Å². The average molecular weight is 272 g/mol. The van der Waals surface area contributed by atoms with Gasteiger partial charge in [0.1, 0.15) is 18.1 Å². The number of anilines is 1. The fraction of sp³-hybridized carbons (Fsp3) is 0.375. The van der Waals surface area contributed by atoms with Gasteiger partial charge in [-0.1, -0.05) is 12.1 Å². The van der Waals surface area contributed by atoms with Gasteiger partial charge in [0.25, 0.3) is 0 Å². The Labute approximate surface area is 119 Å². The topological polar surface area (TPSA) is 46.4 Å². The first kappa shape index (κ1) is 13.1. The van der Waals surface area contributed by atoms with E-state index in [0.29, 0.717) is 6.04 Å². The molecule has 0 saturated heterocycles. The first-order valence-corrected chi connectivity index (χ1v) is 7.07. The molecule has 0 bridgehead atoms. The van der Waals surface area contributed by atoms with Crippen LogP contribution in [0.1, 0.15) is 18.2 Å². The monoisotopic (exact) mass is 272 g/mol. The van der Waals surface area contributed by atoms with Gasteiger partial charge in [-0.2, -0.15) is 0 Å². The molecule has 1 unspecified atom stereocenters. The van der Waals surface area contributed by atoms with Crippen LogP contribution in [-0.2, 0) is 13.0 Å². The van der Waals surface area contributed by atoms with Crippen molar-refractivity contribution in [3.8, 4) is 5.75 Å². The van der Waals surface area contributed by atoms with E-state index in [1.54, 1.807) is 6.26 Å². The highest BCUT2D eigenvalue weighted by molar-refractivity contribution is 5.61. The van der Waals surface area contributed by atoms with Crippen LogP contribution in [0.3, 0.4) is 0 Å². The molecule has 0 aliphatic carbocycles. The molecule has 1 aliphatic heterocycles. The molecule has 1 aromatic carbocycles. The van der Waals surface area contributed by atoms with Crippen LogP contribution in [0.5, 0.6) is 5.75 Å². The van der Waals surface area contributed by atoms with E-state index in [-0.39, 0.29) is 0 Å². The highest BCUT2D eigenvalue weighted by Gasteiger charge is 2.14. The van der Waals surface area contributed by atoms with Crippen LogP contribution >= 0.6 is 0 Å². The van der Waals surface area contributed by atoms with E-state index in [0.717, 1.165) is 43.3 Å². The number of hydrogen-bond acceptors (Lipinski definition) is 4. The third kappa shape index (κ3) is 2.96. The quantitative estimate of drug-likeness (QED) is 0.878. The molecule has 2 heterocycles.